The number of rotatable bonds is 8. The van der Waals surface area contributed by atoms with E-state index in [9.17, 15) is 14.4 Å². The number of carbonyl (C=O) groups excluding carboxylic acids is 2. The highest BCUT2D eigenvalue weighted by molar-refractivity contribution is 6.35. The molecule has 0 aliphatic rings. The zero-order valence-corrected chi connectivity index (χ0v) is 19.2. The summed E-state index contributed by atoms with van der Waals surface area (Å²) in [5.74, 6) is -1.23. The molecule has 1 atom stereocenters. The Kier molecular flexibility index (Phi) is 7.88. The van der Waals surface area contributed by atoms with Crippen molar-refractivity contribution in [2.24, 2.45) is 7.05 Å². The van der Waals surface area contributed by atoms with E-state index in [0.29, 0.717) is 27.4 Å². The van der Waals surface area contributed by atoms with Crippen LogP contribution in [0.3, 0.4) is 0 Å². The highest BCUT2D eigenvalue weighted by Gasteiger charge is 2.19. The number of hydrogen-bond acceptors (Lipinski definition) is 5. The van der Waals surface area contributed by atoms with E-state index < -0.39 is 18.5 Å². The summed E-state index contributed by atoms with van der Waals surface area (Å²) in [5.41, 5.74) is 0.557. The number of benzene rings is 2. The number of nitrogens with zero attached hydrogens (tertiary/aromatic N) is 2. The van der Waals surface area contributed by atoms with Crippen LogP contribution < -0.4 is 10.9 Å². The van der Waals surface area contributed by atoms with E-state index >= 15 is 0 Å². The van der Waals surface area contributed by atoms with Gasteiger partial charge in [-0.3, -0.25) is 9.59 Å². The molecular weight excluding hydrogens is 453 g/mol. The summed E-state index contributed by atoms with van der Waals surface area (Å²) in [6.07, 6.45) is 1.72. The Morgan fingerprint density at radius 2 is 1.88 bits per heavy atom. The Bertz CT molecular complexity index is 1210. The lowest BCUT2D eigenvalue weighted by Crippen LogP contribution is -2.33. The number of hydrogen-bond donors (Lipinski definition) is 1. The van der Waals surface area contributed by atoms with Crippen molar-refractivity contribution in [1.82, 2.24) is 15.1 Å². The van der Waals surface area contributed by atoms with Crippen LogP contribution in [-0.2, 0) is 16.6 Å². The maximum absolute atomic E-state index is 12.6. The van der Waals surface area contributed by atoms with Gasteiger partial charge in [0.2, 0.25) is 0 Å². The molecule has 3 rings (SSSR count). The molecule has 168 valence electrons. The first-order chi connectivity index (χ1) is 15.3. The van der Waals surface area contributed by atoms with Gasteiger partial charge in [0.1, 0.15) is 0 Å². The molecule has 0 saturated heterocycles. The highest BCUT2D eigenvalue weighted by atomic mass is 35.5. The molecule has 1 aromatic heterocycles. The molecular formula is C23H23Cl2N3O4. The molecule has 0 aliphatic carbocycles. The first kappa shape index (κ1) is 23.8. The molecule has 1 amide bonds. The highest BCUT2D eigenvalue weighted by Crippen LogP contribution is 2.30. The molecule has 0 aliphatic heterocycles. The van der Waals surface area contributed by atoms with E-state index in [1.807, 2.05) is 13.0 Å². The maximum atomic E-state index is 12.6. The summed E-state index contributed by atoms with van der Waals surface area (Å²) in [5, 5.41) is 8.61. The Hall–Kier alpha value is -2.90. The van der Waals surface area contributed by atoms with E-state index in [0.717, 1.165) is 23.1 Å². The second-order valence-corrected chi connectivity index (χ2v) is 8.20. The molecule has 0 bridgehead atoms. The third-order valence-corrected chi connectivity index (χ3v) is 5.63. The Balaban J connectivity index is 1.64. The first-order valence-electron chi connectivity index (χ1n) is 10.2. The number of halogens is 2. The maximum Gasteiger partial charge on any atom is 0.359 e. The van der Waals surface area contributed by atoms with Crippen LogP contribution in [0.1, 0.15) is 41.7 Å². The van der Waals surface area contributed by atoms with E-state index in [2.05, 4.69) is 10.4 Å². The molecule has 2 aromatic carbocycles. The van der Waals surface area contributed by atoms with Gasteiger partial charge in [-0.25, -0.2) is 9.48 Å². The number of carbonyl (C=O) groups is 2. The van der Waals surface area contributed by atoms with Gasteiger partial charge in [0.25, 0.3) is 11.5 Å². The lowest BCUT2D eigenvalue weighted by atomic mass is 9.94. The van der Waals surface area contributed by atoms with Crippen molar-refractivity contribution in [1.29, 1.82) is 0 Å². The van der Waals surface area contributed by atoms with E-state index in [1.165, 1.54) is 7.05 Å². The van der Waals surface area contributed by atoms with Crippen LogP contribution >= 0.6 is 23.2 Å². The van der Waals surface area contributed by atoms with Crippen LogP contribution in [0.2, 0.25) is 10.0 Å². The largest absolute Gasteiger partial charge is 0.451 e. The third-order valence-electron chi connectivity index (χ3n) is 5.07. The van der Waals surface area contributed by atoms with Crippen molar-refractivity contribution < 1.29 is 14.3 Å². The smallest absolute Gasteiger partial charge is 0.359 e. The van der Waals surface area contributed by atoms with E-state index in [1.54, 1.807) is 36.4 Å². The van der Waals surface area contributed by atoms with Crippen LogP contribution in [0.25, 0.3) is 10.8 Å². The lowest BCUT2D eigenvalue weighted by molar-refractivity contribution is -0.124. The van der Waals surface area contributed by atoms with Gasteiger partial charge in [-0.05, 0) is 30.2 Å². The van der Waals surface area contributed by atoms with Gasteiger partial charge >= 0.3 is 5.97 Å². The van der Waals surface area contributed by atoms with E-state index in [4.69, 9.17) is 27.9 Å². The number of ether oxygens (including phenoxy) is 1. The molecule has 1 N–H and O–H groups in total. The van der Waals surface area contributed by atoms with E-state index in [-0.39, 0.29) is 17.2 Å². The Labute approximate surface area is 195 Å². The van der Waals surface area contributed by atoms with Crippen LogP contribution in [0.4, 0.5) is 0 Å². The zero-order valence-electron chi connectivity index (χ0n) is 17.7. The molecule has 32 heavy (non-hydrogen) atoms. The number of aromatic nitrogens is 2. The molecule has 3 aromatic rings. The number of aryl methyl sites for hydroxylation is 1. The third kappa shape index (κ3) is 5.47. The second kappa shape index (κ2) is 10.6. The fraction of sp³-hybridized carbons (Fsp3) is 0.304. The number of amides is 1. The summed E-state index contributed by atoms with van der Waals surface area (Å²) in [6, 6.07) is 11.9. The van der Waals surface area contributed by atoms with Crippen LogP contribution in [0.15, 0.2) is 47.3 Å². The predicted octanol–water partition coefficient (Wildman–Crippen LogP) is 4.10. The predicted molar refractivity (Wildman–Crippen MR) is 124 cm³/mol. The van der Waals surface area contributed by atoms with Gasteiger partial charge in [0.05, 0.1) is 5.39 Å². The fourth-order valence-electron chi connectivity index (χ4n) is 3.49. The minimum Gasteiger partial charge on any atom is -0.451 e. The SMILES string of the molecule is CCCC(CNC(=O)COC(=O)c1nn(C)c(=O)c2ccccc12)c1ccc(Cl)cc1Cl. The van der Waals surface area contributed by atoms with Gasteiger partial charge in [-0.1, -0.05) is 60.8 Å². The molecule has 0 spiro atoms. The van der Waals surface area contributed by atoms with Crippen LogP contribution in [0, 0.1) is 0 Å². The van der Waals surface area contributed by atoms with Gasteiger partial charge < -0.3 is 10.1 Å². The average Bonchev–Trinajstić information content (AvgIpc) is 2.77. The standard InChI is InChI=1S/C23H23Cl2N3O4/c1-3-6-14(16-10-9-15(24)11-19(16)25)12-26-20(29)13-32-23(31)21-17-7-4-5-8-18(17)22(30)28(2)27-21/h4-5,7-11,14H,3,6,12-13H2,1-2H3,(H,26,29). The summed E-state index contributed by atoms with van der Waals surface area (Å²) in [4.78, 5) is 37.1. The average molecular weight is 476 g/mol. The van der Waals surface area contributed by atoms with Crippen molar-refractivity contribution in [2.75, 3.05) is 13.2 Å². The van der Waals surface area contributed by atoms with Crippen molar-refractivity contribution in [3.05, 3.63) is 74.1 Å². The second-order valence-electron chi connectivity index (χ2n) is 7.35. The summed E-state index contributed by atoms with van der Waals surface area (Å²) in [6.45, 7) is 1.92. The first-order valence-corrected chi connectivity index (χ1v) is 10.9. The minimum atomic E-state index is -0.780. The van der Waals surface area contributed by atoms with Gasteiger partial charge in [0, 0.05) is 34.9 Å². The quantitative estimate of drug-likeness (QED) is 0.495. The summed E-state index contributed by atoms with van der Waals surface area (Å²) in [7, 11) is 1.45. The monoisotopic (exact) mass is 475 g/mol. The lowest BCUT2D eigenvalue weighted by Gasteiger charge is -2.19. The topological polar surface area (TPSA) is 90.3 Å². The summed E-state index contributed by atoms with van der Waals surface area (Å²) >= 11 is 12.3. The molecule has 1 unspecified atom stereocenters. The van der Waals surface area contributed by atoms with Crippen molar-refractivity contribution in [3.8, 4) is 0 Å². The van der Waals surface area contributed by atoms with Crippen LogP contribution in [-0.4, -0.2) is 34.8 Å². The van der Waals surface area contributed by atoms with Gasteiger partial charge in [0.15, 0.2) is 12.3 Å². The molecule has 9 heteroatoms. The number of fused-ring (bicyclic) bond motifs is 1. The summed E-state index contributed by atoms with van der Waals surface area (Å²) < 4.78 is 6.23. The molecule has 0 radical (unpaired) electrons. The van der Waals surface area contributed by atoms with Crippen LogP contribution in [0.5, 0.6) is 0 Å². The normalized spacial score (nSPS) is 11.9. The molecule has 0 saturated carbocycles. The van der Waals surface area contributed by atoms with Gasteiger partial charge in [-0.15, -0.1) is 0 Å². The van der Waals surface area contributed by atoms with Crippen molar-refractivity contribution in [2.45, 2.75) is 25.7 Å². The number of esters is 1. The molecule has 1 heterocycles. The fourth-order valence-corrected chi connectivity index (χ4v) is 4.05. The number of nitrogens with one attached hydrogen (secondary N) is 1. The Morgan fingerprint density at radius 3 is 2.56 bits per heavy atom. The zero-order chi connectivity index (χ0) is 23.3. The van der Waals surface area contributed by atoms with Crippen molar-refractivity contribution in [3.63, 3.8) is 0 Å². The van der Waals surface area contributed by atoms with Gasteiger partial charge in [-0.2, -0.15) is 5.10 Å². The molecule has 0 fully saturated rings. The van der Waals surface area contributed by atoms with Crippen molar-refractivity contribution >= 4 is 45.9 Å². The molecule has 7 nitrogen and oxygen atoms in total. The minimum absolute atomic E-state index is 0.00123. The Morgan fingerprint density at radius 1 is 1.16 bits per heavy atom.